The molecule has 0 radical (unpaired) electrons. The Bertz CT molecular complexity index is 603. The zero-order valence-electron chi connectivity index (χ0n) is 11.4. The highest BCUT2D eigenvalue weighted by Crippen LogP contribution is 2.19. The van der Waals surface area contributed by atoms with Gasteiger partial charge in [-0.15, -0.1) is 0 Å². The summed E-state index contributed by atoms with van der Waals surface area (Å²) in [5, 5.41) is 11.6. The minimum absolute atomic E-state index is 0.00699. The predicted octanol–water partition coefficient (Wildman–Crippen LogP) is 1.81. The lowest BCUT2D eigenvalue weighted by atomic mass is 10.0. The van der Waals surface area contributed by atoms with Gasteiger partial charge in [-0.3, -0.25) is 9.59 Å². The van der Waals surface area contributed by atoms with Crippen molar-refractivity contribution >= 4 is 33.7 Å². The van der Waals surface area contributed by atoms with Gasteiger partial charge in [0.2, 0.25) is 0 Å². The molecule has 0 unspecified atom stereocenters. The molecule has 0 aliphatic carbocycles. The van der Waals surface area contributed by atoms with Gasteiger partial charge in [-0.1, -0.05) is 22.0 Å². The highest BCUT2D eigenvalue weighted by Gasteiger charge is 2.31. The van der Waals surface area contributed by atoms with Crippen molar-refractivity contribution in [1.82, 2.24) is 10.2 Å². The first kappa shape index (κ1) is 15.5. The molecule has 1 heterocycles. The maximum atomic E-state index is 12.3. The second kappa shape index (κ2) is 6.26. The van der Waals surface area contributed by atoms with Crippen molar-refractivity contribution in [3.8, 4) is 0 Å². The fourth-order valence-corrected chi connectivity index (χ4v) is 2.59. The largest absolute Gasteiger partial charge is 0.465 e. The average Bonchev–Trinajstić information content (AvgIpc) is 2.43. The molecular formula is C14H15BrN2O4. The number of nitrogens with one attached hydrogen (secondary N) is 1. The van der Waals surface area contributed by atoms with Crippen LogP contribution in [-0.2, 0) is 4.79 Å². The molecule has 1 fully saturated rings. The number of halogens is 1. The molecule has 1 aromatic rings. The van der Waals surface area contributed by atoms with Crippen molar-refractivity contribution in [3.63, 3.8) is 0 Å². The molecule has 2 N–H and O–H groups in total. The van der Waals surface area contributed by atoms with E-state index in [-0.39, 0.29) is 31.2 Å². The summed E-state index contributed by atoms with van der Waals surface area (Å²) in [4.78, 5) is 36.2. The number of rotatable bonds is 2. The molecule has 1 aliphatic rings. The van der Waals surface area contributed by atoms with Gasteiger partial charge in [0.15, 0.2) is 5.78 Å². The number of hydrogen-bond acceptors (Lipinski definition) is 3. The van der Waals surface area contributed by atoms with Gasteiger partial charge in [-0.25, -0.2) is 4.79 Å². The molecule has 0 saturated carbocycles. The van der Waals surface area contributed by atoms with Crippen LogP contribution in [0.1, 0.15) is 22.3 Å². The van der Waals surface area contributed by atoms with E-state index in [0.29, 0.717) is 5.56 Å². The van der Waals surface area contributed by atoms with Crippen LogP contribution in [0.5, 0.6) is 0 Å². The molecule has 112 valence electrons. The number of amides is 2. The molecule has 0 bridgehead atoms. The lowest BCUT2D eigenvalue weighted by Crippen LogP contribution is -2.54. The van der Waals surface area contributed by atoms with Gasteiger partial charge in [0.05, 0.1) is 6.54 Å². The van der Waals surface area contributed by atoms with E-state index in [1.807, 2.05) is 6.07 Å². The van der Waals surface area contributed by atoms with Gasteiger partial charge in [0.1, 0.15) is 6.04 Å². The number of carbonyl (C=O) groups excluding carboxylic acids is 2. The van der Waals surface area contributed by atoms with Crippen molar-refractivity contribution in [2.24, 2.45) is 0 Å². The van der Waals surface area contributed by atoms with E-state index in [4.69, 9.17) is 5.11 Å². The normalized spacial score (nSPS) is 18.5. The first-order valence-electron chi connectivity index (χ1n) is 6.46. The van der Waals surface area contributed by atoms with Crippen LogP contribution in [0, 0.1) is 6.92 Å². The summed E-state index contributed by atoms with van der Waals surface area (Å²) < 4.78 is 0.803. The van der Waals surface area contributed by atoms with Crippen LogP contribution in [0.2, 0.25) is 0 Å². The van der Waals surface area contributed by atoms with Gasteiger partial charge < -0.3 is 15.3 Å². The molecule has 1 saturated heterocycles. The summed E-state index contributed by atoms with van der Waals surface area (Å²) in [5.41, 5.74) is 1.23. The van der Waals surface area contributed by atoms with Crippen molar-refractivity contribution in [2.45, 2.75) is 19.4 Å². The summed E-state index contributed by atoms with van der Waals surface area (Å²) in [7, 11) is 0. The van der Waals surface area contributed by atoms with Crippen LogP contribution < -0.4 is 5.32 Å². The smallest absolute Gasteiger partial charge is 0.407 e. The van der Waals surface area contributed by atoms with Gasteiger partial charge in [-0.2, -0.15) is 0 Å². The Morgan fingerprint density at radius 2 is 2.14 bits per heavy atom. The number of carboxylic acid groups (broad SMARTS) is 1. The Hall–Kier alpha value is -1.89. The molecule has 0 aromatic heterocycles. The molecule has 7 heteroatoms. The number of piperidine rings is 1. The average molecular weight is 355 g/mol. The molecule has 1 aromatic carbocycles. The molecule has 2 amide bonds. The molecule has 21 heavy (non-hydrogen) atoms. The van der Waals surface area contributed by atoms with E-state index in [9.17, 15) is 14.4 Å². The van der Waals surface area contributed by atoms with Crippen LogP contribution in [0.25, 0.3) is 0 Å². The van der Waals surface area contributed by atoms with E-state index in [1.54, 1.807) is 19.1 Å². The van der Waals surface area contributed by atoms with E-state index in [0.717, 1.165) is 14.9 Å². The van der Waals surface area contributed by atoms with Crippen molar-refractivity contribution in [1.29, 1.82) is 0 Å². The van der Waals surface area contributed by atoms with Crippen molar-refractivity contribution in [3.05, 3.63) is 33.8 Å². The Balaban J connectivity index is 2.12. The number of likely N-dealkylation sites (tertiary alicyclic amines) is 1. The molecule has 0 spiro atoms. The third-order valence-electron chi connectivity index (χ3n) is 3.51. The first-order valence-corrected chi connectivity index (χ1v) is 7.26. The second-order valence-corrected chi connectivity index (χ2v) is 5.74. The molecule has 1 atom stereocenters. The van der Waals surface area contributed by atoms with Gasteiger partial charge in [0, 0.05) is 23.0 Å². The predicted molar refractivity (Wildman–Crippen MR) is 79.4 cm³/mol. The van der Waals surface area contributed by atoms with Crippen LogP contribution in [-0.4, -0.2) is 46.9 Å². The number of Topliss-reactive ketones (excluding diaryl/α,β-unsaturated/α-hetero) is 1. The van der Waals surface area contributed by atoms with Crippen LogP contribution in [0.3, 0.4) is 0 Å². The molecule has 6 nitrogen and oxygen atoms in total. The number of benzene rings is 1. The van der Waals surface area contributed by atoms with Crippen molar-refractivity contribution < 1.29 is 19.5 Å². The van der Waals surface area contributed by atoms with Crippen LogP contribution >= 0.6 is 15.9 Å². The monoisotopic (exact) mass is 354 g/mol. The summed E-state index contributed by atoms with van der Waals surface area (Å²) in [6.45, 7) is 1.97. The highest BCUT2D eigenvalue weighted by atomic mass is 79.9. The Morgan fingerprint density at radius 3 is 2.81 bits per heavy atom. The fourth-order valence-electron chi connectivity index (χ4n) is 2.22. The number of ketones is 1. The summed E-state index contributed by atoms with van der Waals surface area (Å²) in [5.74, 6) is -0.520. The number of hydrogen-bond donors (Lipinski definition) is 2. The van der Waals surface area contributed by atoms with E-state index < -0.39 is 12.1 Å². The summed E-state index contributed by atoms with van der Waals surface area (Å²) in [6.07, 6.45) is -0.963. The fraction of sp³-hybridized carbons (Fsp3) is 0.357. The zero-order chi connectivity index (χ0) is 15.6. The summed E-state index contributed by atoms with van der Waals surface area (Å²) >= 11 is 3.35. The Labute approximate surface area is 130 Å². The molecular weight excluding hydrogens is 340 g/mol. The standard InChI is InChI=1S/C14H15BrN2O4/c1-8-9(3-2-4-10(8)15)13(19)16-11-7-17(14(20)21)6-5-12(11)18/h2-4,11H,5-7H2,1H3,(H,16,19)(H,20,21)/t11-/m1/s1. The third kappa shape index (κ3) is 3.41. The van der Waals surface area contributed by atoms with Gasteiger partial charge in [-0.05, 0) is 24.6 Å². The lowest BCUT2D eigenvalue weighted by Gasteiger charge is -2.30. The topological polar surface area (TPSA) is 86.7 Å². The second-order valence-electron chi connectivity index (χ2n) is 4.88. The van der Waals surface area contributed by atoms with Crippen LogP contribution in [0.15, 0.2) is 22.7 Å². The number of carbonyl (C=O) groups is 3. The first-order chi connectivity index (χ1) is 9.90. The maximum Gasteiger partial charge on any atom is 0.407 e. The van der Waals surface area contributed by atoms with Crippen molar-refractivity contribution in [2.75, 3.05) is 13.1 Å². The van der Waals surface area contributed by atoms with E-state index >= 15 is 0 Å². The van der Waals surface area contributed by atoms with Gasteiger partial charge in [0.25, 0.3) is 5.91 Å². The molecule has 2 rings (SSSR count). The molecule has 1 aliphatic heterocycles. The lowest BCUT2D eigenvalue weighted by molar-refractivity contribution is -0.123. The Morgan fingerprint density at radius 1 is 1.43 bits per heavy atom. The quantitative estimate of drug-likeness (QED) is 0.847. The zero-order valence-corrected chi connectivity index (χ0v) is 13.0. The van der Waals surface area contributed by atoms with E-state index in [1.165, 1.54) is 0 Å². The SMILES string of the molecule is Cc1c(Br)cccc1C(=O)N[C@@H]1CN(C(=O)O)CCC1=O. The highest BCUT2D eigenvalue weighted by molar-refractivity contribution is 9.10. The summed E-state index contributed by atoms with van der Waals surface area (Å²) in [6, 6.07) is 4.43. The Kier molecular flexibility index (Phi) is 4.62. The van der Waals surface area contributed by atoms with E-state index in [2.05, 4.69) is 21.2 Å². The minimum Gasteiger partial charge on any atom is -0.465 e. The number of nitrogens with zero attached hydrogens (tertiary/aromatic N) is 1. The van der Waals surface area contributed by atoms with Crippen LogP contribution in [0.4, 0.5) is 4.79 Å². The third-order valence-corrected chi connectivity index (χ3v) is 4.37. The minimum atomic E-state index is -1.08. The van der Waals surface area contributed by atoms with Gasteiger partial charge >= 0.3 is 6.09 Å². The maximum absolute atomic E-state index is 12.3.